The van der Waals surface area contributed by atoms with Crippen LogP contribution in [0.5, 0.6) is 0 Å². The van der Waals surface area contributed by atoms with E-state index in [2.05, 4.69) is 5.32 Å². The molecule has 0 aromatic heterocycles. The SMILES string of the molecule is CC(C)(C)OC(=O)N1CCC(C)(OCC(=O)NC2CCCCCC2)C1. The van der Waals surface area contributed by atoms with Crippen LogP contribution in [0.25, 0.3) is 0 Å². The van der Waals surface area contributed by atoms with Gasteiger partial charge in [-0.05, 0) is 47.0 Å². The fourth-order valence-corrected chi connectivity index (χ4v) is 3.47. The van der Waals surface area contributed by atoms with Crippen LogP contribution >= 0.6 is 0 Å². The summed E-state index contributed by atoms with van der Waals surface area (Å²) in [6, 6.07) is 0.285. The minimum Gasteiger partial charge on any atom is -0.444 e. The maximum atomic E-state index is 12.2. The molecule has 6 heteroatoms. The van der Waals surface area contributed by atoms with Crippen molar-refractivity contribution in [3.63, 3.8) is 0 Å². The van der Waals surface area contributed by atoms with Gasteiger partial charge in [0.15, 0.2) is 0 Å². The van der Waals surface area contributed by atoms with E-state index in [4.69, 9.17) is 9.47 Å². The summed E-state index contributed by atoms with van der Waals surface area (Å²) in [6.07, 6.45) is 7.43. The molecule has 2 fully saturated rings. The second-order valence-electron chi connectivity index (χ2n) is 8.65. The molecule has 1 saturated heterocycles. The predicted octanol–water partition coefficient (Wildman–Crippen LogP) is 3.24. The molecular formula is C19H34N2O4. The molecule has 144 valence electrons. The van der Waals surface area contributed by atoms with Crippen LogP contribution in [0, 0.1) is 0 Å². The van der Waals surface area contributed by atoms with E-state index in [0.29, 0.717) is 19.5 Å². The van der Waals surface area contributed by atoms with Crippen molar-refractivity contribution < 1.29 is 19.1 Å². The Morgan fingerprint density at radius 3 is 2.40 bits per heavy atom. The maximum absolute atomic E-state index is 12.2. The number of likely N-dealkylation sites (tertiary alicyclic amines) is 1. The van der Waals surface area contributed by atoms with Gasteiger partial charge < -0.3 is 19.7 Å². The van der Waals surface area contributed by atoms with E-state index in [-0.39, 0.29) is 24.6 Å². The highest BCUT2D eigenvalue weighted by atomic mass is 16.6. The largest absolute Gasteiger partial charge is 0.444 e. The van der Waals surface area contributed by atoms with Crippen molar-refractivity contribution in [2.24, 2.45) is 0 Å². The smallest absolute Gasteiger partial charge is 0.410 e. The Morgan fingerprint density at radius 2 is 1.80 bits per heavy atom. The number of hydrogen-bond donors (Lipinski definition) is 1. The lowest BCUT2D eigenvalue weighted by atomic mass is 10.1. The Balaban J connectivity index is 1.74. The molecule has 2 rings (SSSR count). The number of carbonyl (C=O) groups is 2. The van der Waals surface area contributed by atoms with Crippen molar-refractivity contribution >= 4 is 12.0 Å². The van der Waals surface area contributed by atoms with Crippen molar-refractivity contribution in [2.75, 3.05) is 19.7 Å². The van der Waals surface area contributed by atoms with Gasteiger partial charge >= 0.3 is 6.09 Å². The predicted molar refractivity (Wildman–Crippen MR) is 96.4 cm³/mol. The van der Waals surface area contributed by atoms with Crippen LogP contribution in [0.2, 0.25) is 0 Å². The third-order valence-electron chi connectivity index (χ3n) is 4.86. The lowest BCUT2D eigenvalue weighted by molar-refractivity contribution is -0.132. The molecule has 6 nitrogen and oxygen atoms in total. The van der Waals surface area contributed by atoms with E-state index < -0.39 is 11.2 Å². The van der Waals surface area contributed by atoms with E-state index in [1.54, 1.807) is 4.90 Å². The highest BCUT2D eigenvalue weighted by Crippen LogP contribution is 2.26. The van der Waals surface area contributed by atoms with Crippen LogP contribution in [0.1, 0.15) is 72.6 Å². The molecule has 1 N–H and O–H groups in total. The summed E-state index contributed by atoms with van der Waals surface area (Å²) in [5, 5.41) is 3.10. The summed E-state index contributed by atoms with van der Waals surface area (Å²) in [5.74, 6) is -0.0520. The molecule has 2 amide bonds. The standard InChI is InChI=1S/C19H34N2O4/c1-18(2,3)25-17(23)21-12-11-19(4,14-21)24-13-16(22)20-15-9-7-5-6-8-10-15/h15H,5-14H2,1-4H3,(H,20,22). The van der Waals surface area contributed by atoms with Crippen molar-refractivity contribution in [3.05, 3.63) is 0 Å². The number of nitrogens with one attached hydrogen (secondary N) is 1. The first-order chi connectivity index (χ1) is 11.7. The Kier molecular flexibility index (Phi) is 6.72. The molecule has 0 radical (unpaired) electrons. The van der Waals surface area contributed by atoms with Crippen LogP contribution in [0.15, 0.2) is 0 Å². The van der Waals surface area contributed by atoms with Gasteiger partial charge in [0.1, 0.15) is 12.2 Å². The minimum atomic E-state index is -0.504. The van der Waals surface area contributed by atoms with Crippen molar-refractivity contribution in [3.8, 4) is 0 Å². The first-order valence-electron chi connectivity index (χ1n) is 9.58. The fourth-order valence-electron chi connectivity index (χ4n) is 3.47. The monoisotopic (exact) mass is 354 g/mol. The quantitative estimate of drug-likeness (QED) is 0.787. The fraction of sp³-hybridized carbons (Fsp3) is 0.895. The number of hydrogen-bond acceptors (Lipinski definition) is 4. The van der Waals surface area contributed by atoms with E-state index >= 15 is 0 Å². The van der Waals surface area contributed by atoms with Gasteiger partial charge in [0.25, 0.3) is 0 Å². The van der Waals surface area contributed by atoms with Crippen LogP contribution in [0.4, 0.5) is 4.79 Å². The van der Waals surface area contributed by atoms with Crippen molar-refractivity contribution in [2.45, 2.75) is 89.9 Å². The summed E-state index contributed by atoms with van der Waals surface area (Å²) in [5.41, 5.74) is -0.993. The number of rotatable bonds is 4. The molecule has 0 bridgehead atoms. The minimum absolute atomic E-state index is 0.0508. The highest BCUT2D eigenvalue weighted by molar-refractivity contribution is 5.77. The third kappa shape index (κ3) is 6.84. The van der Waals surface area contributed by atoms with Gasteiger partial charge in [-0.2, -0.15) is 0 Å². The van der Waals surface area contributed by atoms with Gasteiger partial charge in [0.05, 0.1) is 12.1 Å². The highest BCUT2D eigenvalue weighted by Gasteiger charge is 2.39. The van der Waals surface area contributed by atoms with Gasteiger partial charge in [-0.25, -0.2) is 4.79 Å². The summed E-state index contributed by atoms with van der Waals surface area (Å²) in [6.45, 7) is 8.62. The first kappa shape index (κ1) is 20.0. The average molecular weight is 354 g/mol. The lowest BCUT2D eigenvalue weighted by Crippen LogP contribution is -2.42. The van der Waals surface area contributed by atoms with E-state index in [9.17, 15) is 9.59 Å². The van der Waals surface area contributed by atoms with E-state index in [1.165, 1.54) is 25.7 Å². The van der Waals surface area contributed by atoms with E-state index in [1.807, 2.05) is 27.7 Å². The summed E-state index contributed by atoms with van der Waals surface area (Å²) in [4.78, 5) is 26.0. The van der Waals surface area contributed by atoms with Gasteiger partial charge in [0.2, 0.25) is 5.91 Å². The molecule has 1 heterocycles. The molecule has 0 aromatic carbocycles. The Hall–Kier alpha value is -1.30. The molecule has 0 aromatic rings. The molecule has 2 aliphatic rings. The number of ether oxygens (including phenoxy) is 2. The number of amides is 2. The van der Waals surface area contributed by atoms with Crippen LogP contribution in [-0.4, -0.2) is 53.8 Å². The Morgan fingerprint density at radius 1 is 1.16 bits per heavy atom. The zero-order chi connectivity index (χ0) is 18.5. The van der Waals surface area contributed by atoms with Gasteiger partial charge in [-0.1, -0.05) is 25.7 Å². The maximum Gasteiger partial charge on any atom is 0.410 e. The van der Waals surface area contributed by atoms with Gasteiger partial charge in [-0.15, -0.1) is 0 Å². The molecule has 1 atom stereocenters. The van der Waals surface area contributed by atoms with Crippen LogP contribution < -0.4 is 5.32 Å². The summed E-state index contributed by atoms with van der Waals surface area (Å²) >= 11 is 0. The molecule has 1 aliphatic carbocycles. The van der Waals surface area contributed by atoms with Gasteiger partial charge in [0, 0.05) is 12.6 Å². The van der Waals surface area contributed by atoms with Crippen LogP contribution in [-0.2, 0) is 14.3 Å². The van der Waals surface area contributed by atoms with Gasteiger partial charge in [-0.3, -0.25) is 4.79 Å². The van der Waals surface area contributed by atoms with E-state index in [0.717, 1.165) is 12.8 Å². The molecule has 25 heavy (non-hydrogen) atoms. The Labute approximate surface area is 151 Å². The van der Waals surface area contributed by atoms with Crippen molar-refractivity contribution in [1.82, 2.24) is 10.2 Å². The second-order valence-corrected chi connectivity index (χ2v) is 8.65. The topological polar surface area (TPSA) is 67.9 Å². The molecule has 1 aliphatic heterocycles. The zero-order valence-electron chi connectivity index (χ0n) is 16.2. The summed E-state index contributed by atoms with van der Waals surface area (Å²) < 4.78 is 11.3. The molecule has 1 saturated carbocycles. The normalized spacial score (nSPS) is 25.5. The van der Waals surface area contributed by atoms with Crippen molar-refractivity contribution in [1.29, 1.82) is 0 Å². The number of nitrogens with zero attached hydrogens (tertiary/aromatic N) is 1. The average Bonchev–Trinajstić information content (AvgIpc) is 2.72. The Bertz CT molecular complexity index is 467. The molecular weight excluding hydrogens is 320 g/mol. The zero-order valence-corrected chi connectivity index (χ0v) is 16.2. The molecule has 0 spiro atoms. The lowest BCUT2D eigenvalue weighted by Gasteiger charge is -2.27. The second kappa shape index (κ2) is 8.39. The van der Waals surface area contributed by atoms with Crippen LogP contribution in [0.3, 0.4) is 0 Å². The third-order valence-corrected chi connectivity index (χ3v) is 4.86. The number of carbonyl (C=O) groups excluding carboxylic acids is 2. The summed E-state index contributed by atoms with van der Waals surface area (Å²) in [7, 11) is 0. The first-order valence-corrected chi connectivity index (χ1v) is 9.58. The molecule has 1 unspecified atom stereocenters.